The maximum atomic E-state index is 13.8. The third-order valence-electron chi connectivity index (χ3n) is 7.89. The second-order valence-electron chi connectivity index (χ2n) is 11.2. The molecule has 13 heteroatoms. The molecule has 4 heterocycles. The Morgan fingerprint density at radius 3 is 2.54 bits per heavy atom. The molecule has 1 aliphatic heterocycles. The number of aromatic nitrogens is 5. The first kappa shape index (κ1) is 32.6. The van der Waals surface area contributed by atoms with Crippen LogP contribution in [0.25, 0.3) is 11.1 Å². The fourth-order valence-electron chi connectivity index (χ4n) is 5.49. The molecule has 0 unspecified atom stereocenters. The highest BCUT2D eigenvalue weighted by atomic mass is 32.2. The van der Waals surface area contributed by atoms with E-state index in [4.69, 9.17) is 4.98 Å². The van der Waals surface area contributed by atoms with Crippen LogP contribution < -0.4 is 20.4 Å². The molecule has 0 aliphatic carbocycles. The van der Waals surface area contributed by atoms with E-state index in [2.05, 4.69) is 38.7 Å². The van der Waals surface area contributed by atoms with Gasteiger partial charge < -0.3 is 15.5 Å². The van der Waals surface area contributed by atoms with Crippen LogP contribution in [0.5, 0.6) is 0 Å². The number of anilines is 3. The van der Waals surface area contributed by atoms with Crippen LogP contribution in [0, 0.1) is 11.3 Å². The Balaban J connectivity index is 1.28. The lowest BCUT2D eigenvalue weighted by atomic mass is 10.0. The van der Waals surface area contributed by atoms with E-state index < -0.39 is 10.8 Å². The van der Waals surface area contributed by atoms with E-state index in [1.165, 1.54) is 6.20 Å². The molecular weight excluding hydrogens is 600 g/mol. The highest BCUT2D eigenvalue weighted by molar-refractivity contribution is 7.85. The Labute approximate surface area is 272 Å². The molecule has 2 amide bonds. The summed E-state index contributed by atoms with van der Waals surface area (Å²) >= 11 is 0. The zero-order valence-corrected chi connectivity index (χ0v) is 27.1. The molecule has 0 radical (unpaired) electrons. The van der Waals surface area contributed by atoms with Gasteiger partial charge in [0, 0.05) is 85.1 Å². The molecule has 0 bridgehead atoms. The van der Waals surface area contributed by atoms with Gasteiger partial charge >= 0.3 is 6.03 Å². The van der Waals surface area contributed by atoms with E-state index in [9.17, 15) is 14.3 Å². The van der Waals surface area contributed by atoms with Gasteiger partial charge in [-0.25, -0.2) is 14.8 Å². The van der Waals surface area contributed by atoms with E-state index in [0.717, 1.165) is 42.4 Å². The molecule has 1 saturated heterocycles. The number of carbonyl (C=O) groups excluding carboxylic acids is 1. The van der Waals surface area contributed by atoms with Gasteiger partial charge in [-0.15, -0.1) is 0 Å². The molecule has 4 aromatic rings. The Morgan fingerprint density at radius 1 is 1.07 bits per heavy atom. The van der Waals surface area contributed by atoms with Gasteiger partial charge in [-0.1, -0.05) is 43.7 Å². The number of pyridine rings is 1. The molecule has 2 N–H and O–H groups in total. The lowest BCUT2D eigenvalue weighted by Crippen LogP contribution is -2.47. The summed E-state index contributed by atoms with van der Waals surface area (Å²) in [7, 11) is 1.05. The standard InChI is InChI=1S/C33H40N10O2S/c1-3-8-29(11-7-14-35-32-37-22-27(19-34)31(40-32)42-15-17-46(45)18-16-42)43(33(44)38-20-25-9-5-4-6-10-25)30-13-12-26(21-36-30)28-23-39-41(2)24-28/h4-6,9-10,12-13,21-24,29H,3,7-8,11,14-18,20H2,1-2H3,(H,38,44)(H,35,37,40)/t29-/m0/s1. The number of aryl methyl sites for hydroxylation is 1. The van der Waals surface area contributed by atoms with Crippen molar-refractivity contribution in [1.82, 2.24) is 30.0 Å². The summed E-state index contributed by atoms with van der Waals surface area (Å²) in [4.78, 5) is 31.3. The van der Waals surface area contributed by atoms with Crippen LogP contribution in [-0.2, 0) is 24.4 Å². The van der Waals surface area contributed by atoms with Gasteiger partial charge in [0.05, 0.1) is 12.4 Å². The van der Waals surface area contributed by atoms with Crippen LogP contribution in [0.2, 0.25) is 0 Å². The normalized spacial score (nSPS) is 14.0. The SMILES string of the molecule is CCC[C@@H](CCCNc1ncc(C#N)c(N2CCS(=O)CC2)n1)N(C(=O)NCc1ccccc1)c1ccc(-c2cnn(C)c2)cn1. The van der Waals surface area contributed by atoms with E-state index >= 15 is 0 Å². The minimum absolute atomic E-state index is 0.0917. The predicted octanol–water partition coefficient (Wildman–Crippen LogP) is 4.49. The van der Waals surface area contributed by atoms with Crippen molar-refractivity contribution in [3.8, 4) is 17.2 Å². The van der Waals surface area contributed by atoms with E-state index in [1.54, 1.807) is 22.0 Å². The van der Waals surface area contributed by atoms with Crippen LogP contribution >= 0.6 is 0 Å². The van der Waals surface area contributed by atoms with Crippen LogP contribution in [0.4, 0.5) is 22.4 Å². The number of carbonyl (C=O) groups is 1. The molecule has 1 fully saturated rings. The Kier molecular flexibility index (Phi) is 11.3. The van der Waals surface area contributed by atoms with Gasteiger partial charge in [-0.05, 0) is 37.0 Å². The molecule has 0 spiro atoms. The molecule has 1 aromatic carbocycles. The van der Waals surface area contributed by atoms with Gasteiger partial charge in [0.25, 0.3) is 0 Å². The van der Waals surface area contributed by atoms with E-state index in [1.807, 2.05) is 60.6 Å². The molecule has 3 aromatic heterocycles. The first-order valence-electron chi connectivity index (χ1n) is 15.6. The van der Waals surface area contributed by atoms with Crippen molar-refractivity contribution in [2.45, 2.75) is 45.2 Å². The first-order valence-corrected chi connectivity index (χ1v) is 17.1. The molecule has 240 valence electrons. The topological polar surface area (TPSA) is 145 Å². The second-order valence-corrected chi connectivity index (χ2v) is 12.9. The van der Waals surface area contributed by atoms with Crippen LogP contribution in [0.3, 0.4) is 0 Å². The second kappa shape index (κ2) is 15.9. The van der Waals surface area contributed by atoms with Crippen molar-refractivity contribution in [3.05, 3.63) is 78.4 Å². The zero-order valence-electron chi connectivity index (χ0n) is 26.3. The van der Waals surface area contributed by atoms with Gasteiger partial charge in [-0.2, -0.15) is 15.3 Å². The van der Waals surface area contributed by atoms with Gasteiger partial charge in [0.15, 0.2) is 5.82 Å². The summed E-state index contributed by atoms with van der Waals surface area (Å²) in [6.45, 7) is 4.30. The number of nitriles is 1. The fourth-order valence-corrected chi connectivity index (χ4v) is 6.54. The zero-order chi connectivity index (χ0) is 32.3. The van der Waals surface area contributed by atoms with Crippen molar-refractivity contribution < 1.29 is 9.00 Å². The van der Waals surface area contributed by atoms with Crippen molar-refractivity contribution in [2.24, 2.45) is 7.05 Å². The minimum atomic E-state index is -0.827. The number of amides is 2. The van der Waals surface area contributed by atoms with E-state index in [0.29, 0.717) is 60.8 Å². The fraction of sp³-hybridized carbons (Fsp3) is 0.394. The Bertz CT molecular complexity index is 1650. The Hall–Kier alpha value is -4.83. The van der Waals surface area contributed by atoms with Crippen molar-refractivity contribution in [2.75, 3.05) is 46.3 Å². The summed E-state index contributed by atoms with van der Waals surface area (Å²) in [6, 6.07) is 15.6. The van der Waals surface area contributed by atoms with Gasteiger partial charge in [0.2, 0.25) is 5.95 Å². The van der Waals surface area contributed by atoms with E-state index in [-0.39, 0.29) is 12.1 Å². The summed E-state index contributed by atoms with van der Waals surface area (Å²) < 4.78 is 13.6. The predicted molar refractivity (Wildman–Crippen MR) is 181 cm³/mol. The number of nitrogens with zero attached hydrogens (tertiary/aromatic N) is 8. The number of rotatable bonds is 13. The van der Waals surface area contributed by atoms with Crippen LogP contribution in [0.1, 0.15) is 43.7 Å². The van der Waals surface area contributed by atoms with Gasteiger partial charge in [0.1, 0.15) is 17.5 Å². The lowest BCUT2D eigenvalue weighted by molar-refractivity contribution is 0.242. The first-order chi connectivity index (χ1) is 22.4. The highest BCUT2D eigenvalue weighted by Crippen LogP contribution is 2.25. The minimum Gasteiger partial charge on any atom is -0.354 e. The average Bonchev–Trinajstić information content (AvgIpc) is 3.53. The molecule has 46 heavy (non-hydrogen) atoms. The Morgan fingerprint density at radius 2 is 1.87 bits per heavy atom. The number of benzene rings is 1. The summed E-state index contributed by atoms with van der Waals surface area (Å²) in [5, 5.41) is 20.3. The van der Waals surface area contributed by atoms with Crippen LogP contribution in [0.15, 0.2) is 67.3 Å². The number of hydrogen-bond acceptors (Lipinski definition) is 9. The number of nitrogens with one attached hydrogen (secondary N) is 2. The van der Waals surface area contributed by atoms with Crippen molar-refractivity contribution in [3.63, 3.8) is 0 Å². The molecule has 1 atom stereocenters. The molecule has 5 rings (SSSR count). The summed E-state index contributed by atoms with van der Waals surface area (Å²) in [5.41, 5.74) is 3.31. The third kappa shape index (κ3) is 8.45. The average molecular weight is 641 g/mol. The summed E-state index contributed by atoms with van der Waals surface area (Å²) in [5.74, 6) is 2.73. The smallest absolute Gasteiger partial charge is 0.323 e. The van der Waals surface area contributed by atoms with Crippen LogP contribution in [-0.4, -0.2) is 72.2 Å². The van der Waals surface area contributed by atoms with Crippen molar-refractivity contribution in [1.29, 1.82) is 5.26 Å². The number of urea groups is 1. The lowest BCUT2D eigenvalue weighted by Gasteiger charge is -2.31. The largest absolute Gasteiger partial charge is 0.354 e. The number of hydrogen-bond donors (Lipinski definition) is 2. The highest BCUT2D eigenvalue weighted by Gasteiger charge is 2.26. The van der Waals surface area contributed by atoms with Gasteiger partial charge in [-0.3, -0.25) is 13.8 Å². The maximum Gasteiger partial charge on any atom is 0.323 e. The molecule has 12 nitrogen and oxygen atoms in total. The molecule has 1 aliphatic rings. The quantitative estimate of drug-likeness (QED) is 0.202. The monoisotopic (exact) mass is 640 g/mol. The molecular formula is C33H40N10O2S. The molecule has 0 saturated carbocycles. The van der Waals surface area contributed by atoms with Crippen molar-refractivity contribution >= 4 is 34.4 Å². The third-order valence-corrected chi connectivity index (χ3v) is 9.16. The maximum absolute atomic E-state index is 13.8. The summed E-state index contributed by atoms with van der Waals surface area (Å²) in [6.07, 6.45) is 10.2.